The minimum Gasteiger partial charge on any atom is -0.497 e. The summed E-state index contributed by atoms with van der Waals surface area (Å²) in [6.07, 6.45) is 2.31. The molecule has 2 aromatic heterocycles. The van der Waals surface area contributed by atoms with Crippen molar-refractivity contribution in [1.82, 2.24) is 15.1 Å². The fraction of sp³-hybridized carbons (Fsp3) is 0.312. The topological polar surface area (TPSA) is 117 Å². The molecule has 25 heavy (non-hydrogen) atoms. The Morgan fingerprint density at radius 2 is 2.12 bits per heavy atom. The highest BCUT2D eigenvalue weighted by Gasteiger charge is 2.53. The van der Waals surface area contributed by atoms with Crippen molar-refractivity contribution < 1.29 is 18.6 Å². The predicted octanol–water partition coefficient (Wildman–Crippen LogP) is 2.46. The lowest BCUT2D eigenvalue weighted by atomic mass is 10.2. The predicted molar refractivity (Wildman–Crippen MR) is 83.7 cm³/mol. The fourth-order valence-corrected chi connectivity index (χ4v) is 2.59. The number of benzene rings is 1. The molecular formula is C16H14N4O5. The first-order chi connectivity index (χ1) is 12.1. The van der Waals surface area contributed by atoms with Gasteiger partial charge in [0, 0.05) is 16.9 Å². The average Bonchev–Trinajstić information content (AvgIpc) is 3.07. The van der Waals surface area contributed by atoms with Crippen LogP contribution >= 0.6 is 0 Å². The second-order valence-corrected chi connectivity index (χ2v) is 5.79. The smallest absolute Gasteiger partial charge is 0.236 e. The van der Waals surface area contributed by atoms with E-state index < -0.39 is 6.04 Å². The van der Waals surface area contributed by atoms with Crippen molar-refractivity contribution in [3.05, 3.63) is 58.1 Å². The Kier molecular flexibility index (Phi) is 3.68. The molecule has 0 amide bonds. The molecule has 0 N–H and O–H groups in total. The summed E-state index contributed by atoms with van der Waals surface area (Å²) in [6.45, 7) is 0. The molecule has 1 aromatic carbocycles. The quantitative estimate of drug-likeness (QED) is 0.495. The van der Waals surface area contributed by atoms with Crippen molar-refractivity contribution in [2.75, 3.05) is 7.11 Å². The van der Waals surface area contributed by atoms with Crippen molar-refractivity contribution in [1.29, 1.82) is 0 Å². The first-order valence-electron chi connectivity index (χ1n) is 7.69. The van der Waals surface area contributed by atoms with Crippen LogP contribution in [-0.4, -0.2) is 33.2 Å². The summed E-state index contributed by atoms with van der Waals surface area (Å²) in [6, 6.07) is 6.75. The SMILES string of the molecule is COc1ccc(-c2nc(Cc3noc([C@@H]4C[C@@H]4[N+](=O)[O-])n3)co2)cc1. The second kappa shape index (κ2) is 6.00. The van der Waals surface area contributed by atoms with Crippen molar-refractivity contribution >= 4 is 0 Å². The molecule has 128 valence electrons. The zero-order valence-corrected chi connectivity index (χ0v) is 13.3. The number of methoxy groups -OCH3 is 1. The van der Waals surface area contributed by atoms with Crippen LogP contribution < -0.4 is 4.74 Å². The van der Waals surface area contributed by atoms with Gasteiger partial charge in [0.15, 0.2) is 5.82 Å². The molecule has 3 aromatic rings. The zero-order chi connectivity index (χ0) is 17.4. The maximum atomic E-state index is 10.7. The highest BCUT2D eigenvalue weighted by atomic mass is 16.6. The highest BCUT2D eigenvalue weighted by Crippen LogP contribution is 2.41. The highest BCUT2D eigenvalue weighted by molar-refractivity contribution is 5.54. The van der Waals surface area contributed by atoms with E-state index in [-0.39, 0.29) is 10.8 Å². The van der Waals surface area contributed by atoms with Crippen molar-refractivity contribution in [3.63, 3.8) is 0 Å². The molecule has 0 unspecified atom stereocenters. The molecule has 9 nitrogen and oxygen atoms in total. The van der Waals surface area contributed by atoms with Gasteiger partial charge in [-0.2, -0.15) is 4.98 Å². The van der Waals surface area contributed by atoms with Crippen LogP contribution in [0.2, 0.25) is 0 Å². The van der Waals surface area contributed by atoms with E-state index in [0.29, 0.717) is 36.1 Å². The lowest BCUT2D eigenvalue weighted by molar-refractivity contribution is -0.496. The van der Waals surface area contributed by atoms with E-state index in [9.17, 15) is 10.1 Å². The number of rotatable bonds is 6. The Morgan fingerprint density at radius 1 is 1.32 bits per heavy atom. The van der Waals surface area contributed by atoms with Gasteiger partial charge in [-0.15, -0.1) is 0 Å². The maximum absolute atomic E-state index is 10.7. The summed E-state index contributed by atoms with van der Waals surface area (Å²) >= 11 is 0. The lowest BCUT2D eigenvalue weighted by Crippen LogP contribution is -2.03. The molecule has 1 aliphatic carbocycles. The Bertz CT molecular complexity index is 901. The largest absolute Gasteiger partial charge is 0.497 e. The van der Waals surface area contributed by atoms with E-state index in [2.05, 4.69) is 15.1 Å². The van der Waals surface area contributed by atoms with Gasteiger partial charge in [0.05, 0.1) is 19.2 Å². The normalized spacial score (nSPS) is 18.9. The molecule has 2 atom stereocenters. The van der Waals surface area contributed by atoms with E-state index in [4.69, 9.17) is 13.7 Å². The van der Waals surface area contributed by atoms with Gasteiger partial charge in [0.25, 0.3) is 0 Å². The number of hydrogen-bond donors (Lipinski definition) is 0. The van der Waals surface area contributed by atoms with Gasteiger partial charge < -0.3 is 13.7 Å². The molecule has 1 fully saturated rings. The summed E-state index contributed by atoms with van der Waals surface area (Å²) in [5.41, 5.74) is 1.48. The van der Waals surface area contributed by atoms with E-state index in [0.717, 1.165) is 11.3 Å². The summed E-state index contributed by atoms with van der Waals surface area (Å²) in [7, 11) is 1.60. The lowest BCUT2D eigenvalue weighted by Gasteiger charge is -1.99. The molecule has 1 saturated carbocycles. The zero-order valence-electron chi connectivity index (χ0n) is 13.3. The van der Waals surface area contributed by atoms with Gasteiger partial charge in [0.2, 0.25) is 17.8 Å². The Hall–Kier alpha value is -3.23. The van der Waals surface area contributed by atoms with Gasteiger partial charge in [-0.1, -0.05) is 5.16 Å². The number of nitrogens with zero attached hydrogens (tertiary/aromatic N) is 4. The third kappa shape index (κ3) is 3.08. The van der Waals surface area contributed by atoms with Gasteiger partial charge in [-0.25, -0.2) is 4.98 Å². The van der Waals surface area contributed by atoms with Gasteiger partial charge in [-0.3, -0.25) is 10.1 Å². The van der Waals surface area contributed by atoms with Gasteiger partial charge >= 0.3 is 0 Å². The Labute approximate surface area is 141 Å². The standard InChI is InChI=1S/C16H14N4O5/c1-23-11-4-2-9(3-5-11)15-17-10(8-24-15)6-14-18-16(25-19-14)12-7-13(12)20(21)22/h2-5,8,12-13H,6-7H2,1H3/t12-,13+/m1/s1. The minimum atomic E-state index is -0.609. The molecule has 0 radical (unpaired) electrons. The summed E-state index contributed by atoms with van der Waals surface area (Å²) in [5.74, 6) is 1.71. The third-order valence-electron chi connectivity index (χ3n) is 4.06. The number of nitro groups is 1. The Balaban J connectivity index is 1.44. The molecule has 4 rings (SSSR count). The second-order valence-electron chi connectivity index (χ2n) is 5.79. The van der Waals surface area contributed by atoms with E-state index in [1.165, 1.54) is 6.26 Å². The molecule has 0 aliphatic heterocycles. The van der Waals surface area contributed by atoms with Crippen LogP contribution in [0.25, 0.3) is 11.5 Å². The molecule has 0 spiro atoms. The van der Waals surface area contributed by atoms with Gasteiger partial charge in [-0.05, 0) is 24.3 Å². The van der Waals surface area contributed by atoms with Crippen LogP contribution in [0.15, 0.2) is 39.5 Å². The maximum Gasteiger partial charge on any atom is 0.236 e. The number of oxazole rings is 1. The summed E-state index contributed by atoms with van der Waals surface area (Å²) in [4.78, 5) is 19.0. The Morgan fingerprint density at radius 3 is 2.80 bits per heavy atom. The molecule has 0 bridgehead atoms. The van der Waals surface area contributed by atoms with Crippen LogP contribution in [0, 0.1) is 10.1 Å². The number of ether oxygens (including phenoxy) is 1. The monoisotopic (exact) mass is 342 g/mol. The van der Waals surface area contributed by atoms with Crippen LogP contribution in [-0.2, 0) is 6.42 Å². The summed E-state index contributed by atoms with van der Waals surface area (Å²) in [5, 5.41) is 14.6. The van der Waals surface area contributed by atoms with Crippen molar-refractivity contribution in [3.8, 4) is 17.2 Å². The summed E-state index contributed by atoms with van der Waals surface area (Å²) < 4.78 is 15.7. The first kappa shape index (κ1) is 15.3. The third-order valence-corrected chi connectivity index (χ3v) is 4.06. The van der Waals surface area contributed by atoms with E-state index >= 15 is 0 Å². The van der Waals surface area contributed by atoms with E-state index in [1.807, 2.05) is 24.3 Å². The molecule has 2 heterocycles. The first-order valence-corrected chi connectivity index (χ1v) is 7.69. The molecule has 0 saturated heterocycles. The molecular weight excluding hydrogens is 328 g/mol. The molecule has 1 aliphatic rings. The molecule has 9 heteroatoms. The van der Waals surface area contributed by atoms with Crippen LogP contribution in [0.4, 0.5) is 0 Å². The van der Waals surface area contributed by atoms with Crippen molar-refractivity contribution in [2.45, 2.75) is 24.8 Å². The van der Waals surface area contributed by atoms with Crippen LogP contribution in [0.3, 0.4) is 0 Å². The van der Waals surface area contributed by atoms with E-state index in [1.54, 1.807) is 7.11 Å². The average molecular weight is 342 g/mol. The van der Waals surface area contributed by atoms with Crippen LogP contribution in [0.1, 0.15) is 29.7 Å². The van der Waals surface area contributed by atoms with Gasteiger partial charge in [0.1, 0.15) is 17.9 Å². The van der Waals surface area contributed by atoms with Crippen molar-refractivity contribution in [2.24, 2.45) is 0 Å². The minimum absolute atomic E-state index is 0.275. The number of aromatic nitrogens is 3. The number of hydrogen-bond acceptors (Lipinski definition) is 8. The fourth-order valence-electron chi connectivity index (χ4n) is 2.59. The van der Waals surface area contributed by atoms with Crippen LogP contribution in [0.5, 0.6) is 5.75 Å².